The molecule has 0 aromatic rings. The number of allylic oxidation sites excluding steroid dienone is 7. The van der Waals surface area contributed by atoms with Crippen LogP contribution in [0.1, 0.15) is 75.2 Å². The summed E-state index contributed by atoms with van der Waals surface area (Å²) in [5.41, 5.74) is 1.96. The third-order valence-electron chi connectivity index (χ3n) is 11.7. The van der Waals surface area contributed by atoms with Crippen LogP contribution in [0.5, 0.6) is 0 Å². The van der Waals surface area contributed by atoms with Crippen molar-refractivity contribution in [2.24, 2.45) is 40.7 Å². The average Bonchev–Trinajstić information content (AvgIpc) is 3.20. The summed E-state index contributed by atoms with van der Waals surface area (Å²) in [6.45, 7) is 19.2. The normalized spacial score (nSPS) is 32.2. The van der Waals surface area contributed by atoms with Gasteiger partial charge in [0.2, 0.25) is 5.76 Å². The summed E-state index contributed by atoms with van der Waals surface area (Å²) in [5, 5.41) is 49.7. The average molecular weight is 830 g/mol. The van der Waals surface area contributed by atoms with E-state index in [1.165, 1.54) is 14.2 Å². The highest BCUT2D eigenvalue weighted by Crippen LogP contribution is 2.30. The molecule has 2 heterocycles. The van der Waals surface area contributed by atoms with Gasteiger partial charge >= 0.3 is 5.97 Å². The number of methoxy groups -OCH3 is 2. The Labute approximate surface area is 353 Å². The Bertz CT molecular complexity index is 1530. The summed E-state index contributed by atoms with van der Waals surface area (Å²) >= 11 is 0. The summed E-state index contributed by atoms with van der Waals surface area (Å²) in [6.07, 6.45) is 11.5. The fraction of sp³-hybridized carbons (Fsp3) is 0.674. The number of piperazine rings is 1. The first-order chi connectivity index (χ1) is 27.9. The van der Waals surface area contributed by atoms with Gasteiger partial charge in [0.1, 0.15) is 12.2 Å². The molecule has 59 heavy (non-hydrogen) atoms. The Hall–Kier alpha value is -3.59. The monoisotopic (exact) mass is 830 g/mol. The van der Waals surface area contributed by atoms with Gasteiger partial charge < -0.3 is 49.3 Å². The summed E-state index contributed by atoms with van der Waals surface area (Å²) < 4.78 is 17.6. The van der Waals surface area contributed by atoms with E-state index in [9.17, 15) is 30.0 Å². The first-order valence-corrected chi connectivity index (χ1v) is 21.1. The van der Waals surface area contributed by atoms with Crippen molar-refractivity contribution < 1.29 is 49.1 Å². The number of hydrogen-bond acceptors (Lipinski definition) is 12. The lowest BCUT2D eigenvalue weighted by Crippen LogP contribution is -2.48. The molecule has 4 N–H and O–H groups in total. The minimum Gasteiger partial charge on any atom is -0.490 e. The molecule has 1 fully saturated rings. The second kappa shape index (κ2) is 25.9. The van der Waals surface area contributed by atoms with Crippen LogP contribution < -0.4 is 0 Å². The lowest BCUT2D eigenvalue weighted by molar-refractivity contribution is -0.161. The molecule has 0 radical (unpaired) electrons. The van der Waals surface area contributed by atoms with E-state index in [0.717, 1.165) is 18.7 Å². The van der Waals surface area contributed by atoms with Gasteiger partial charge in [0.25, 0.3) is 5.91 Å². The van der Waals surface area contributed by atoms with Gasteiger partial charge in [-0.2, -0.15) is 0 Å². The fourth-order valence-electron chi connectivity index (χ4n) is 7.61. The zero-order chi connectivity index (χ0) is 44.4. The number of aliphatic hydroxyl groups is 4. The number of cyclic esters (lactones) is 1. The molecule has 334 valence electrons. The molecule has 0 spiro atoms. The molecule has 0 aliphatic carbocycles. The zero-order valence-corrected chi connectivity index (χ0v) is 37.7. The number of amides is 1. The maximum Gasteiger partial charge on any atom is 0.373 e. The van der Waals surface area contributed by atoms with Gasteiger partial charge in [-0.25, -0.2) is 4.79 Å². The number of carbonyl (C=O) groups is 2. The van der Waals surface area contributed by atoms with Gasteiger partial charge in [-0.15, -0.1) is 0 Å². The van der Waals surface area contributed by atoms with Gasteiger partial charge in [0.15, 0.2) is 6.61 Å². The number of nitrogens with zero attached hydrogens (tertiary/aromatic N) is 3. The topological polar surface area (TPSA) is 171 Å². The summed E-state index contributed by atoms with van der Waals surface area (Å²) in [4.78, 5) is 36.4. The minimum atomic E-state index is -1.18. The Morgan fingerprint density at radius 2 is 1.71 bits per heavy atom. The maximum atomic E-state index is 13.9. The van der Waals surface area contributed by atoms with Crippen LogP contribution in [0.25, 0.3) is 0 Å². The number of hydrogen-bond donors (Lipinski definition) is 4. The Morgan fingerprint density at radius 1 is 1.05 bits per heavy atom. The van der Waals surface area contributed by atoms with Crippen LogP contribution in [-0.2, 0) is 28.6 Å². The van der Waals surface area contributed by atoms with Crippen molar-refractivity contribution in [2.75, 3.05) is 54.1 Å². The van der Waals surface area contributed by atoms with E-state index >= 15 is 0 Å². The summed E-state index contributed by atoms with van der Waals surface area (Å²) in [6, 6.07) is 0. The SMILES string of the molecule is C/C=C/C(O)C(C)/C=C/C(=N\OCC(=O)N1CCN(C)CC1)C(C)C(O)C(C)C1OC(=O)/C(OC)=C/C(C)=C/C(C)C(O)C(CC)C(O)C(C)C/C(C)=C/C=C/C1OC. The third-order valence-corrected chi connectivity index (χ3v) is 11.7. The molecule has 0 saturated carbocycles. The van der Waals surface area contributed by atoms with E-state index in [0.29, 0.717) is 37.2 Å². The van der Waals surface area contributed by atoms with Crippen molar-refractivity contribution in [3.8, 4) is 0 Å². The molecule has 0 aromatic carbocycles. The van der Waals surface area contributed by atoms with Gasteiger partial charge in [0, 0.05) is 62.9 Å². The molecular formula is C46H75N3O10. The van der Waals surface area contributed by atoms with Crippen LogP contribution in [0.3, 0.4) is 0 Å². The summed E-state index contributed by atoms with van der Waals surface area (Å²) in [5.74, 6) is -3.69. The third kappa shape index (κ3) is 16.1. The van der Waals surface area contributed by atoms with Crippen molar-refractivity contribution in [3.63, 3.8) is 0 Å². The van der Waals surface area contributed by atoms with Crippen molar-refractivity contribution in [1.29, 1.82) is 0 Å². The molecule has 1 amide bonds. The van der Waals surface area contributed by atoms with Gasteiger partial charge in [-0.3, -0.25) is 4.79 Å². The second-order valence-electron chi connectivity index (χ2n) is 16.5. The lowest BCUT2D eigenvalue weighted by atomic mass is 9.79. The van der Waals surface area contributed by atoms with E-state index in [1.54, 1.807) is 62.1 Å². The van der Waals surface area contributed by atoms with Gasteiger partial charge in [-0.1, -0.05) is 100 Å². The first kappa shape index (κ1) is 51.6. The number of carbonyl (C=O) groups excluding carboxylic acids is 2. The molecular weight excluding hydrogens is 755 g/mol. The van der Waals surface area contributed by atoms with Crippen molar-refractivity contribution >= 4 is 17.6 Å². The van der Waals surface area contributed by atoms with Crippen LogP contribution in [0, 0.1) is 35.5 Å². The van der Waals surface area contributed by atoms with E-state index in [1.807, 2.05) is 66.8 Å². The zero-order valence-electron chi connectivity index (χ0n) is 37.7. The molecule has 13 heteroatoms. The van der Waals surface area contributed by atoms with Gasteiger partial charge in [-0.05, 0) is 58.7 Å². The van der Waals surface area contributed by atoms with Crippen molar-refractivity contribution in [2.45, 2.75) is 112 Å². The van der Waals surface area contributed by atoms with Crippen LogP contribution in [-0.4, -0.2) is 138 Å². The molecule has 2 aliphatic rings. The van der Waals surface area contributed by atoms with E-state index in [4.69, 9.17) is 19.0 Å². The number of oxime groups is 1. The minimum absolute atomic E-state index is 0.0890. The van der Waals surface area contributed by atoms with Crippen LogP contribution >= 0.6 is 0 Å². The second-order valence-corrected chi connectivity index (χ2v) is 16.5. The number of aliphatic hydroxyl groups excluding tert-OH is 4. The lowest BCUT2D eigenvalue weighted by Gasteiger charge is -2.34. The van der Waals surface area contributed by atoms with Crippen LogP contribution in [0.4, 0.5) is 0 Å². The van der Waals surface area contributed by atoms with E-state index < -0.39 is 54.4 Å². The molecule has 12 atom stereocenters. The number of ether oxygens (including phenoxy) is 3. The predicted octanol–water partition coefficient (Wildman–Crippen LogP) is 5.23. The summed E-state index contributed by atoms with van der Waals surface area (Å²) in [7, 11) is 4.87. The molecule has 2 aliphatic heterocycles. The highest BCUT2D eigenvalue weighted by molar-refractivity contribution is 5.96. The molecule has 2 rings (SSSR count). The molecule has 0 aromatic heterocycles. The molecule has 12 unspecified atom stereocenters. The van der Waals surface area contributed by atoms with E-state index in [-0.39, 0.29) is 41.9 Å². The van der Waals surface area contributed by atoms with Crippen molar-refractivity contribution in [3.05, 3.63) is 71.6 Å². The standard InChI is InChI=1S/C46H75N3O10/c1-13-16-38(50)31(5)19-20-37(47-58-28-41(51)49-23-21-48(10)22-24-49)34(8)44(54)35(9)45-39(56-11)18-15-17-29(3)25-32(6)42(52)36(14-2)43(53)33(7)26-30(4)27-40(57-12)46(55)59-45/h13,15-20,26-27,31-36,38-39,42-45,50,52-54H,14,21-25,28H2,1-12H3/b16-13+,18-15+,20-19+,29-17+,30-26+,40-27-,47-37+. The molecule has 13 nitrogen and oxygen atoms in total. The predicted molar refractivity (Wildman–Crippen MR) is 232 cm³/mol. The smallest absolute Gasteiger partial charge is 0.373 e. The highest BCUT2D eigenvalue weighted by atomic mass is 16.6. The number of likely N-dealkylation sites (N-methyl/N-ethyl adjacent to an activating group) is 1. The van der Waals surface area contributed by atoms with Crippen molar-refractivity contribution in [1.82, 2.24) is 9.80 Å². The Morgan fingerprint density at radius 3 is 2.31 bits per heavy atom. The molecule has 0 bridgehead atoms. The van der Waals surface area contributed by atoms with Crippen LogP contribution in [0.15, 0.2) is 76.7 Å². The first-order valence-electron chi connectivity index (χ1n) is 21.1. The maximum absolute atomic E-state index is 13.9. The molecule has 1 saturated heterocycles. The van der Waals surface area contributed by atoms with Gasteiger partial charge in [0.05, 0.1) is 37.2 Å². The highest BCUT2D eigenvalue weighted by Gasteiger charge is 2.38. The quantitative estimate of drug-likeness (QED) is 0.0783. The Kier molecular flexibility index (Phi) is 22.6. The number of esters is 1. The fourth-order valence-corrected chi connectivity index (χ4v) is 7.61. The van der Waals surface area contributed by atoms with E-state index in [2.05, 4.69) is 10.1 Å². The van der Waals surface area contributed by atoms with Crippen LogP contribution in [0.2, 0.25) is 0 Å². The Balaban J connectivity index is 2.59. The number of rotatable bonds is 14. The largest absolute Gasteiger partial charge is 0.490 e.